The first-order valence-electron chi connectivity index (χ1n) is 5.22. The number of hydrogen-bond donors (Lipinski definition) is 1. The second-order valence-electron chi connectivity index (χ2n) is 3.39. The predicted molar refractivity (Wildman–Crippen MR) is 68.7 cm³/mol. The summed E-state index contributed by atoms with van der Waals surface area (Å²) in [5.41, 5.74) is 6.42. The fraction of sp³-hybridized carbons (Fsp3) is 0.273. The average Bonchev–Trinajstić information content (AvgIpc) is 2.77. The van der Waals surface area contributed by atoms with E-state index in [2.05, 4.69) is 9.36 Å². The van der Waals surface area contributed by atoms with E-state index in [1.54, 1.807) is 6.07 Å². The third-order valence-corrected chi connectivity index (χ3v) is 3.20. The molecular formula is C11H12ClN3OS. The minimum Gasteiger partial charge on any atom is -0.430 e. The molecule has 2 rings (SSSR count). The summed E-state index contributed by atoms with van der Waals surface area (Å²) in [4.78, 5) is 4.21. The maximum Gasteiger partial charge on any atom is 0.298 e. The van der Waals surface area contributed by atoms with Gasteiger partial charge in [-0.2, -0.15) is 9.36 Å². The van der Waals surface area contributed by atoms with Gasteiger partial charge in [-0.15, -0.1) is 0 Å². The smallest absolute Gasteiger partial charge is 0.298 e. The molecule has 0 fully saturated rings. The first-order chi connectivity index (χ1) is 8.22. The summed E-state index contributed by atoms with van der Waals surface area (Å²) in [5.74, 6) is 1.43. The van der Waals surface area contributed by atoms with Crippen LogP contribution in [0.2, 0.25) is 5.02 Å². The quantitative estimate of drug-likeness (QED) is 0.927. The van der Waals surface area contributed by atoms with Crippen LogP contribution in [0.1, 0.15) is 18.3 Å². The van der Waals surface area contributed by atoms with Crippen LogP contribution in [0.3, 0.4) is 0 Å². The minimum atomic E-state index is 0.415. The molecular weight excluding hydrogens is 258 g/mol. The number of ether oxygens (including phenoxy) is 1. The van der Waals surface area contributed by atoms with Gasteiger partial charge in [0.15, 0.2) is 0 Å². The molecule has 0 aliphatic carbocycles. The highest BCUT2D eigenvalue weighted by atomic mass is 35.5. The predicted octanol–water partition coefficient (Wildman–Crippen LogP) is 3.00. The highest BCUT2D eigenvalue weighted by Gasteiger charge is 2.06. The van der Waals surface area contributed by atoms with Crippen LogP contribution in [-0.2, 0) is 13.0 Å². The number of benzene rings is 1. The topological polar surface area (TPSA) is 61.0 Å². The van der Waals surface area contributed by atoms with Gasteiger partial charge in [0.1, 0.15) is 11.6 Å². The maximum atomic E-state index is 6.04. The van der Waals surface area contributed by atoms with Gasteiger partial charge in [-0.25, -0.2) is 0 Å². The van der Waals surface area contributed by atoms with Gasteiger partial charge in [-0.3, -0.25) is 0 Å². The van der Waals surface area contributed by atoms with E-state index in [0.29, 0.717) is 22.5 Å². The molecule has 0 saturated heterocycles. The fourth-order valence-electron chi connectivity index (χ4n) is 1.28. The van der Waals surface area contributed by atoms with Crippen LogP contribution >= 0.6 is 23.1 Å². The summed E-state index contributed by atoms with van der Waals surface area (Å²) < 4.78 is 9.70. The van der Waals surface area contributed by atoms with E-state index in [9.17, 15) is 0 Å². The third-order valence-electron chi connectivity index (χ3n) is 2.22. The van der Waals surface area contributed by atoms with Crippen LogP contribution in [0.25, 0.3) is 0 Å². The Balaban J connectivity index is 2.15. The molecule has 1 aromatic carbocycles. The van der Waals surface area contributed by atoms with E-state index in [1.165, 1.54) is 11.5 Å². The van der Waals surface area contributed by atoms with E-state index < -0.39 is 0 Å². The zero-order chi connectivity index (χ0) is 12.3. The first kappa shape index (κ1) is 12.3. The molecule has 4 nitrogen and oxygen atoms in total. The lowest BCUT2D eigenvalue weighted by Crippen LogP contribution is -1.97. The number of halogens is 1. The molecule has 0 aliphatic rings. The summed E-state index contributed by atoms with van der Waals surface area (Å²) in [7, 11) is 0. The number of rotatable bonds is 4. The first-order valence-corrected chi connectivity index (χ1v) is 6.37. The molecule has 0 aliphatic heterocycles. The Labute approximate surface area is 109 Å². The molecule has 0 saturated carbocycles. The summed E-state index contributed by atoms with van der Waals surface area (Å²) in [6.07, 6.45) is 0.798. The summed E-state index contributed by atoms with van der Waals surface area (Å²) in [6, 6.07) is 5.40. The molecule has 0 radical (unpaired) electrons. The molecule has 17 heavy (non-hydrogen) atoms. The monoisotopic (exact) mass is 269 g/mol. The number of nitrogens with zero attached hydrogens (tertiary/aromatic N) is 2. The number of aromatic nitrogens is 2. The Bertz CT molecular complexity index is 515. The molecule has 1 heterocycles. The van der Waals surface area contributed by atoms with Crippen molar-refractivity contribution in [3.05, 3.63) is 34.6 Å². The van der Waals surface area contributed by atoms with Gasteiger partial charge in [0.25, 0.3) is 5.19 Å². The van der Waals surface area contributed by atoms with Gasteiger partial charge < -0.3 is 10.5 Å². The van der Waals surface area contributed by atoms with E-state index in [4.69, 9.17) is 22.1 Å². The van der Waals surface area contributed by atoms with Crippen molar-refractivity contribution in [2.24, 2.45) is 5.73 Å². The fourth-order valence-corrected chi connectivity index (χ4v) is 2.16. The largest absolute Gasteiger partial charge is 0.430 e. The van der Waals surface area contributed by atoms with Gasteiger partial charge >= 0.3 is 0 Å². The van der Waals surface area contributed by atoms with Gasteiger partial charge in [-0.1, -0.05) is 24.6 Å². The van der Waals surface area contributed by atoms with Gasteiger partial charge in [-0.05, 0) is 17.7 Å². The molecule has 0 atom stereocenters. The Morgan fingerprint density at radius 3 is 2.88 bits per heavy atom. The molecule has 0 amide bonds. The van der Waals surface area contributed by atoms with E-state index >= 15 is 0 Å². The maximum absolute atomic E-state index is 6.04. The van der Waals surface area contributed by atoms with Gasteiger partial charge in [0.05, 0.1) is 0 Å². The van der Waals surface area contributed by atoms with Crippen LogP contribution in [0.4, 0.5) is 0 Å². The SMILES string of the molecule is CCc1nsc(Oc2ccc(CN)c(Cl)c2)n1. The molecule has 2 N–H and O–H groups in total. The number of aryl methyl sites for hydroxylation is 1. The van der Waals surface area contributed by atoms with Crippen LogP contribution in [0.5, 0.6) is 10.9 Å². The van der Waals surface area contributed by atoms with Crippen molar-refractivity contribution in [2.45, 2.75) is 19.9 Å². The normalized spacial score (nSPS) is 10.5. The van der Waals surface area contributed by atoms with Crippen molar-refractivity contribution in [3.63, 3.8) is 0 Å². The summed E-state index contributed by atoms with van der Waals surface area (Å²) in [5, 5.41) is 1.13. The molecule has 0 bridgehead atoms. The van der Waals surface area contributed by atoms with Crippen molar-refractivity contribution >= 4 is 23.1 Å². The van der Waals surface area contributed by atoms with E-state index in [1.807, 2.05) is 19.1 Å². The van der Waals surface area contributed by atoms with Crippen LogP contribution in [0.15, 0.2) is 18.2 Å². The molecule has 2 aromatic rings. The highest BCUT2D eigenvalue weighted by molar-refractivity contribution is 7.07. The van der Waals surface area contributed by atoms with Gasteiger partial charge in [0, 0.05) is 29.5 Å². The second-order valence-corrected chi connectivity index (χ2v) is 4.51. The Morgan fingerprint density at radius 1 is 1.47 bits per heavy atom. The second kappa shape index (κ2) is 5.44. The Hall–Kier alpha value is -1.17. The van der Waals surface area contributed by atoms with Crippen molar-refractivity contribution in [3.8, 4) is 10.9 Å². The Kier molecular flexibility index (Phi) is 3.93. The average molecular weight is 270 g/mol. The van der Waals surface area contributed by atoms with Crippen molar-refractivity contribution < 1.29 is 4.74 Å². The molecule has 0 spiro atoms. The standard InChI is InChI=1S/C11H12ClN3OS/c1-2-10-14-11(17-15-10)16-8-4-3-7(6-13)9(12)5-8/h3-5H,2,6,13H2,1H3. The van der Waals surface area contributed by atoms with Crippen LogP contribution < -0.4 is 10.5 Å². The van der Waals surface area contributed by atoms with Crippen molar-refractivity contribution in [1.29, 1.82) is 0 Å². The summed E-state index contributed by atoms with van der Waals surface area (Å²) >= 11 is 7.27. The van der Waals surface area contributed by atoms with Crippen LogP contribution in [0, 0.1) is 0 Å². The Morgan fingerprint density at radius 2 is 2.29 bits per heavy atom. The zero-order valence-electron chi connectivity index (χ0n) is 9.31. The molecule has 90 valence electrons. The van der Waals surface area contributed by atoms with E-state index in [-0.39, 0.29) is 0 Å². The molecule has 1 aromatic heterocycles. The lowest BCUT2D eigenvalue weighted by molar-refractivity contribution is 0.477. The highest BCUT2D eigenvalue weighted by Crippen LogP contribution is 2.27. The number of nitrogens with two attached hydrogens (primary N) is 1. The van der Waals surface area contributed by atoms with Gasteiger partial charge in [0.2, 0.25) is 0 Å². The number of hydrogen-bond acceptors (Lipinski definition) is 5. The molecule has 6 heteroatoms. The van der Waals surface area contributed by atoms with Crippen molar-refractivity contribution in [1.82, 2.24) is 9.36 Å². The summed E-state index contributed by atoms with van der Waals surface area (Å²) in [6.45, 7) is 2.41. The lowest BCUT2D eigenvalue weighted by Gasteiger charge is -2.04. The van der Waals surface area contributed by atoms with Crippen molar-refractivity contribution in [2.75, 3.05) is 0 Å². The molecule has 0 unspecified atom stereocenters. The lowest BCUT2D eigenvalue weighted by atomic mass is 10.2. The minimum absolute atomic E-state index is 0.415. The van der Waals surface area contributed by atoms with E-state index in [0.717, 1.165) is 17.8 Å². The zero-order valence-corrected chi connectivity index (χ0v) is 10.9. The third kappa shape index (κ3) is 2.94. The van der Waals surface area contributed by atoms with Crippen LogP contribution in [-0.4, -0.2) is 9.36 Å².